The molecule has 0 fully saturated rings. The monoisotopic (exact) mass is 478 g/mol. The average Bonchev–Trinajstić information content (AvgIpc) is 3.36. The quantitative estimate of drug-likeness (QED) is 0.443. The number of amides is 2. The molecule has 1 aliphatic heterocycles. The van der Waals surface area contributed by atoms with Crippen LogP contribution in [0.2, 0.25) is 0 Å². The first-order chi connectivity index (χ1) is 16.6. The number of rotatable bonds is 9. The van der Waals surface area contributed by atoms with Crippen molar-refractivity contribution < 1.29 is 19.1 Å². The number of carbonyl (C=O) groups is 2. The summed E-state index contributed by atoms with van der Waals surface area (Å²) in [7, 11) is 1.62. The average molecular weight is 479 g/mol. The number of hydrogen-bond acceptors (Lipinski definition) is 5. The molecular weight excluding hydrogens is 448 g/mol. The second-order valence-electron chi connectivity index (χ2n) is 8.23. The van der Waals surface area contributed by atoms with Crippen LogP contribution in [0.1, 0.15) is 40.2 Å². The summed E-state index contributed by atoms with van der Waals surface area (Å²) in [6.45, 7) is 3.54. The first-order valence-corrected chi connectivity index (χ1v) is 12.5. The van der Waals surface area contributed by atoms with Crippen molar-refractivity contribution in [3.63, 3.8) is 0 Å². The molecule has 1 aromatic heterocycles. The molecule has 1 aliphatic rings. The summed E-state index contributed by atoms with van der Waals surface area (Å²) >= 11 is 1.72. The van der Waals surface area contributed by atoms with Crippen LogP contribution in [0.25, 0.3) is 0 Å². The molecule has 7 heteroatoms. The molecule has 0 radical (unpaired) electrons. The van der Waals surface area contributed by atoms with E-state index in [2.05, 4.69) is 11.4 Å². The third kappa shape index (κ3) is 5.42. The van der Waals surface area contributed by atoms with Gasteiger partial charge in [-0.2, -0.15) is 0 Å². The number of thiophene rings is 1. The molecule has 34 heavy (non-hydrogen) atoms. The lowest BCUT2D eigenvalue weighted by atomic mass is 10.0. The Kier molecular flexibility index (Phi) is 7.85. The Balaban J connectivity index is 1.51. The van der Waals surface area contributed by atoms with E-state index >= 15 is 0 Å². The SMILES string of the molecule is CCCN(CC(=O)N1CCc2sccc2[C@@H]1COc1cccc(OC)c1)C(=O)c1ccccc1. The van der Waals surface area contributed by atoms with Gasteiger partial charge in [0.2, 0.25) is 5.91 Å². The third-order valence-electron chi connectivity index (χ3n) is 5.99. The van der Waals surface area contributed by atoms with Crippen molar-refractivity contribution in [1.82, 2.24) is 9.80 Å². The highest BCUT2D eigenvalue weighted by molar-refractivity contribution is 7.10. The van der Waals surface area contributed by atoms with E-state index in [1.807, 2.05) is 54.3 Å². The van der Waals surface area contributed by atoms with Crippen molar-refractivity contribution in [2.24, 2.45) is 0 Å². The third-order valence-corrected chi connectivity index (χ3v) is 6.99. The van der Waals surface area contributed by atoms with Gasteiger partial charge in [-0.25, -0.2) is 0 Å². The van der Waals surface area contributed by atoms with Crippen LogP contribution in [0.15, 0.2) is 66.0 Å². The predicted molar refractivity (Wildman–Crippen MR) is 134 cm³/mol. The zero-order valence-electron chi connectivity index (χ0n) is 19.6. The van der Waals surface area contributed by atoms with E-state index in [4.69, 9.17) is 9.47 Å². The van der Waals surface area contributed by atoms with Crippen LogP contribution in [0.3, 0.4) is 0 Å². The molecule has 4 rings (SSSR count). The van der Waals surface area contributed by atoms with E-state index in [0.29, 0.717) is 31.0 Å². The standard InChI is InChI=1S/C27H30N2O4S/c1-3-14-28(27(31)20-8-5-4-6-9-20)18-26(30)29-15-12-25-23(13-16-34-25)24(29)19-33-22-11-7-10-21(17-22)32-2/h4-11,13,16-17,24H,3,12,14-15,18-19H2,1-2H3/t24-/m0/s1. The van der Waals surface area contributed by atoms with Crippen LogP contribution < -0.4 is 9.47 Å². The highest BCUT2D eigenvalue weighted by Crippen LogP contribution is 2.34. The van der Waals surface area contributed by atoms with Gasteiger partial charge < -0.3 is 19.3 Å². The smallest absolute Gasteiger partial charge is 0.254 e. The fourth-order valence-electron chi connectivity index (χ4n) is 4.28. The molecular formula is C27H30N2O4S. The van der Waals surface area contributed by atoms with Gasteiger partial charge in [-0.1, -0.05) is 31.2 Å². The van der Waals surface area contributed by atoms with Gasteiger partial charge in [0.15, 0.2) is 0 Å². The van der Waals surface area contributed by atoms with Gasteiger partial charge in [-0.05, 0) is 54.1 Å². The normalized spacial score (nSPS) is 14.9. The number of nitrogens with zero attached hydrogens (tertiary/aromatic N) is 2. The summed E-state index contributed by atoms with van der Waals surface area (Å²) in [5, 5.41) is 2.07. The molecule has 2 amide bonds. The number of carbonyl (C=O) groups excluding carboxylic acids is 2. The molecule has 0 saturated heterocycles. The highest BCUT2D eigenvalue weighted by Gasteiger charge is 2.33. The summed E-state index contributed by atoms with van der Waals surface area (Å²) in [5.41, 5.74) is 1.73. The van der Waals surface area contributed by atoms with E-state index in [1.165, 1.54) is 4.88 Å². The van der Waals surface area contributed by atoms with Gasteiger partial charge in [-0.15, -0.1) is 11.3 Å². The molecule has 0 spiro atoms. The maximum Gasteiger partial charge on any atom is 0.254 e. The van der Waals surface area contributed by atoms with Crippen LogP contribution in [0.5, 0.6) is 11.5 Å². The molecule has 0 aliphatic carbocycles. The summed E-state index contributed by atoms with van der Waals surface area (Å²) in [6, 6.07) is 18.5. The van der Waals surface area contributed by atoms with Gasteiger partial charge in [0, 0.05) is 29.6 Å². The van der Waals surface area contributed by atoms with Crippen LogP contribution in [0.4, 0.5) is 0 Å². The fourth-order valence-corrected chi connectivity index (χ4v) is 5.21. The maximum atomic E-state index is 13.5. The summed E-state index contributed by atoms with van der Waals surface area (Å²) in [4.78, 5) is 31.4. The van der Waals surface area contributed by atoms with E-state index in [-0.39, 0.29) is 24.4 Å². The second-order valence-corrected chi connectivity index (χ2v) is 9.24. The molecule has 0 saturated carbocycles. The topological polar surface area (TPSA) is 59.1 Å². The van der Waals surface area contributed by atoms with Gasteiger partial charge in [0.1, 0.15) is 24.7 Å². The van der Waals surface area contributed by atoms with Gasteiger partial charge in [0.05, 0.1) is 13.2 Å². The Bertz CT molecular complexity index is 1110. The number of ether oxygens (including phenoxy) is 2. The first-order valence-electron chi connectivity index (χ1n) is 11.6. The van der Waals surface area contributed by atoms with Gasteiger partial charge in [-0.3, -0.25) is 9.59 Å². The minimum atomic E-state index is -0.205. The van der Waals surface area contributed by atoms with Crippen LogP contribution in [-0.4, -0.2) is 55.0 Å². The zero-order chi connectivity index (χ0) is 23.9. The Morgan fingerprint density at radius 3 is 2.65 bits per heavy atom. The van der Waals surface area contributed by atoms with Crippen molar-refractivity contribution in [3.8, 4) is 11.5 Å². The first kappa shape index (κ1) is 23.8. The summed E-state index contributed by atoms with van der Waals surface area (Å²) in [6.07, 6.45) is 1.59. The number of benzene rings is 2. The molecule has 1 atom stereocenters. The molecule has 0 bridgehead atoms. The summed E-state index contributed by atoms with van der Waals surface area (Å²) in [5.74, 6) is 1.24. The van der Waals surface area contributed by atoms with E-state index in [9.17, 15) is 9.59 Å². The lowest BCUT2D eigenvalue weighted by Gasteiger charge is -2.37. The molecule has 2 heterocycles. The Morgan fingerprint density at radius 1 is 1.09 bits per heavy atom. The Morgan fingerprint density at radius 2 is 1.88 bits per heavy atom. The van der Waals surface area contributed by atoms with Crippen LogP contribution in [0, 0.1) is 0 Å². The highest BCUT2D eigenvalue weighted by atomic mass is 32.1. The van der Waals surface area contributed by atoms with E-state index in [1.54, 1.807) is 35.5 Å². The molecule has 2 aromatic carbocycles. The van der Waals surface area contributed by atoms with Crippen molar-refractivity contribution in [2.45, 2.75) is 25.8 Å². The van der Waals surface area contributed by atoms with Crippen molar-refractivity contribution in [2.75, 3.05) is 33.4 Å². The van der Waals surface area contributed by atoms with E-state index in [0.717, 1.165) is 24.2 Å². The second kappa shape index (κ2) is 11.2. The minimum Gasteiger partial charge on any atom is -0.497 e. The predicted octanol–water partition coefficient (Wildman–Crippen LogP) is 4.81. The lowest BCUT2D eigenvalue weighted by molar-refractivity contribution is -0.135. The number of methoxy groups -OCH3 is 1. The Labute approximate surface area is 204 Å². The Hall–Kier alpha value is -3.32. The minimum absolute atomic E-state index is 0.0523. The molecule has 178 valence electrons. The van der Waals surface area contributed by atoms with Crippen molar-refractivity contribution >= 4 is 23.2 Å². The zero-order valence-corrected chi connectivity index (χ0v) is 20.4. The van der Waals surface area contributed by atoms with E-state index < -0.39 is 0 Å². The molecule has 0 N–H and O–H groups in total. The number of fused-ring (bicyclic) bond motifs is 1. The molecule has 6 nitrogen and oxygen atoms in total. The fraction of sp³-hybridized carbons (Fsp3) is 0.333. The molecule has 0 unspecified atom stereocenters. The van der Waals surface area contributed by atoms with Crippen LogP contribution in [-0.2, 0) is 11.2 Å². The number of hydrogen-bond donors (Lipinski definition) is 0. The maximum absolute atomic E-state index is 13.5. The largest absolute Gasteiger partial charge is 0.497 e. The van der Waals surface area contributed by atoms with Gasteiger partial charge in [0.25, 0.3) is 5.91 Å². The lowest BCUT2D eigenvalue weighted by Crippen LogP contribution is -2.48. The molecule has 3 aromatic rings. The summed E-state index contributed by atoms with van der Waals surface area (Å²) < 4.78 is 11.4. The van der Waals surface area contributed by atoms with Crippen molar-refractivity contribution in [1.29, 1.82) is 0 Å². The van der Waals surface area contributed by atoms with Crippen LogP contribution >= 0.6 is 11.3 Å². The van der Waals surface area contributed by atoms with Crippen molar-refractivity contribution in [3.05, 3.63) is 82.0 Å². The van der Waals surface area contributed by atoms with Gasteiger partial charge >= 0.3 is 0 Å².